The van der Waals surface area contributed by atoms with Crippen molar-refractivity contribution in [1.82, 2.24) is 0 Å². The van der Waals surface area contributed by atoms with Crippen LogP contribution in [0.5, 0.6) is 0 Å². The van der Waals surface area contributed by atoms with Gasteiger partial charge in [-0.15, -0.1) is 0 Å². The van der Waals surface area contributed by atoms with Crippen LogP contribution in [0.1, 0.15) is 278 Å². The standard InChI is InChI=1S/C67H112O6/c1-4-7-10-13-16-19-22-25-28-31-33-36-39-42-45-48-51-54-57-60-66(69)72-63-64(62-71-65(68)59-56-53-50-47-44-41-38-35-30-27-24-21-18-15-12-9-6-3)73-67(70)61-58-55-52-49-46-43-40-37-34-32-29-26-23-20-17-14-11-8-5-2/h7,10,16,18-19,21,25-30,33,36,38,41-42,45,64H,4-6,8-9,11-15,17,20,22-24,31-32,34-35,37,39-40,43-44,46-63H2,1-3H3/b10-7-,19-16-,21-18-,28-25-,29-26-,30-27-,36-33-,41-38-,45-42-/t64-/m0/s1. The first-order valence-corrected chi connectivity index (χ1v) is 30.4. The van der Waals surface area contributed by atoms with Crippen molar-refractivity contribution in [3.05, 3.63) is 109 Å². The normalized spacial score (nSPS) is 12.9. The molecule has 1 atom stereocenters. The molecule has 0 aromatic carbocycles. The van der Waals surface area contributed by atoms with E-state index in [4.69, 9.17) is 14.2 Å². The second-order valence-electron chi connectivity index (χ2n) is 19.9. The Kier molecular flexibility index (Phi) is 57.4. The molecule has 0 aliphatic heterocycles. The van der Waals surface area contributed by atoms with Crippen LogP contribution >= 0.6 is 0 Å². The third kappa shape index (κ3) is 58.8. The fourth-order valence-electron chi connectivity index (χ4n) is 8.18. The van der Waals surface area contributed by atoms with E-state index >= 15 is 0 Å². The number of esters is 3. The Morgan fingerprint density at radius 1 is 0.288 bits per heavy atom. The molecular weight excluding hydrogens is 901 g/mol. The van der Waals surface area contributed by atoms with Gasteiger partial charge in [0.15, 0.2) is 6.10 Å². The Morgan fingerprint density at radius 3 is 0.890 bits per heavy atom. The molecule has 0 radical (unpaired) electrons. The van der Waals surface area contributed by atoms with Crippen molar-refractivity contribution in [2.24, 2.45) is 0 Å². The van der Waals surface area contributed by atoms with Gasteiger partial charge in [0.05, 0.1) is 0 Å². The van der Waals surface area contributed by atoms with Crippen molar-refractivity contribution in [1.29, 1.82) is 0 Å². The van der Waals surface area contributed by atoms with Gasteiger partial charge in [0, 0.05) is 19.3 Å². The highest BCUT2D eigenvalue weighted by Gasteiger charge is 2.19. The molecule has 416 valence electrons. The van der Waals surface area contributed by atoms with E-state index in [2.05, 4.69) is 130 Å². The minimum atomic E-state index is -0.805. The number of carbonyl (C=O) groups excluding carboxylic acids is 3. The van der Waals surface area contributed by atoms with Gasteiger partial charge in [0.1, 0.15) is 13.2 Å². The minimum absolute atomic E-state index is 0.102. The lowest BCUT2D eigenvalue weighted by molar-refractivity contribution is -0.167. The van der Waals surface area contributed by atoms with Crippen LogP contribution < -0.4 is 0 Å². The molecular formula is C67H112O6. The molecule has 0 aromatic rings. The molecule has 0 aromatic heterocycles. The van der Waals surface area contributed by atoms with E-state index < -0.39 is 6.10 Å². The molecule has 0 aliphatic carbocycles. The first-order valence-electron chi connectivity index (χ1n) is 30.4. The zero-order valence-electron chi connectivity index (χ0n) is 47.6. The van der Waals surface area contributed by atoms with Crippen LogP contribution in [-0.4, -0.2) is 37.2 Å². The van der Waals surface area contributed by atoms with Crippen molar-refractivity contribution < 1.29 is 28.6 Å². The number of unbranched alkanes of at least 4 members (excludes halogenated alkanes) is 25. The van der Waals surface area contributed by atoms with Crippen LogP contribution in [0.2, 0.25) is 0 Å². The van der Waals surface area contributed by atoms with E-state index in [0.717, 1.165) is 122 Å². The van der Waals surface area contributed by atoms with E-state index in [9.17, 15) is 14.4 Å². The summed E-state index contributed by atoms with van der Waals surface area (Å²) in [6.07, 6.45) is 82.2. The zero-order valence-corrected chi connectivity index (χ0v) is 47.6. The summed E-state index contributed by atoms with van der Waals surface area (Å²) in [7, 11) is 0. The van der Waals surface area contributed by atoms with E-state index in [0.29, 0.717) is 19.3 Å². The molecule has 6 nitrogen and oxygen atoms in total. The van der Waals surface area contributed by atoms with E-state index in [1.54, 1.807) is 0 Å². The maximum absolute atomic E-state index is 12.9. The summed E-state index contributed by atoms with van der Waals surface area (Å²) in [4.78, 5) is 38.3. The number of hydrogen-bond donors (Lipinski definition) is 0. The molecule has 0 spiro atoms. The highest BCUT2D eigenvalue weighted by Crippen LogP contribution is 2.15. The summed E-state index contributed by atoms with van der Waals surface area (Å²) in [5, 5.41) is 0. The van der Waals surface area contributed by atoms with E-state index in [-0.39, 0.29) is 31.1 Å². The Labute approximate surface area is 450 Å². The van der Waals surface area contributed by atoms with Crippen molar-refractivity contribution >= 4 is 17.9 Å². The van der Waals surface area contributed by atoms with Crippen LogP contribution in [0.25, 0.3) is 0 Å². The number of ether oxygens (including phenoxy) is 3. The predicted molar refractivity (Wildman–Crippen MR) is 316 cm³/mol. The molecule has 0 fully saturated rings. The van der Waals surface area contributed by atoms with Gasteiger partial charge in [0.25, 0.3) is 0 Å². The maximum Gasteiger partial charge on any atom is 0.306 e. The monoisotopic (exact) mass is 1010 g/mol. The maximum atomic E-state index is 12.9. The third-order valence-electron chi connectivity index (χ3n) is 12.7. The van der Waals surface area contributed by atoms with Gasteiger partial charge in [-0.1, -0.05) is 239 Å². The van der Waals surface area contributed by atoms with Gasteiger partial charge in [-0.2, -0.15) is 0 Å². The summed E-state index contributed by atoms with van der Waals surface area (Å²) in [5.41, 5.74) is 0. The quantitative estimate of drug-likeness (QED) is 0.0261. The minimum Gasteiger partial charge on any atom is -0.462 e. The highest BCUT2D eigenvalue weighted by atomic mass is 16.6. The smallest absolute Gasteiger partial charge is 0.306 e. The Morgan fingerprint density at radius 2 is 0.534 bits per heavy atom. The Hall–Kier alpha value is -3.93. The molecule has 0 saturated carbocycles. The SMILES string of the molecule is CC/C=C\C/C=C\C/C=C\C/C=C\C/C=C\CCCCCC(=O)OC[C@H](COC(=O)CCCCCC/C=C\C/C=C\C/C=C\CCCCC)OC(=O)CCCCCCCCCCC/C=C\CCCCCCCC. The van der Waals surface area contributed by atoms with Crippen LogP contribution in [0.4, 0.5) is 0 Å². The molecule has 0 unspecified atom stereocenters. The van der Waals surface area contributed by atoms with Crippen molar-refractivity contribution in [3.8, 4) is 0 Å². The molecule has 6 heteroatoms. The van der Waals surface area contributed by atoms with E-state index in [1.807, 2.05) is 0 Å². The van der Waals surface area contributed by atoms with Crippen molar-refractivity contribution in [2.45, 2.75) is 284 Å². The summed E-state index contributed by atoms with van der Waals surface area (Å²) in [6, 6.07) is 0. The fourth-order valence-corrected chi connectivity index (χ4v) is 8.18. The van der Waals surface area contributed by atoms with Gasteiger partial charge < -0.3 is 14.2 Å². The molecule has 0 heterocycles. The number of rotatable bonds is 54. The van der Waals surface area contributed by atoms with Crippen molar-refractivity contribution in [3.63, 3.8) is 0 Å². The lowest BCUT2D eigenvalue weighted by Gasteiger charge is -2.18. The fraction of sp³-hybridized carbons (Fsp3) is 0.687. The third-order valence-corrected chi connectivity index (χ3v) is 12.7. The second kappa shape index (κ2) is 60.6. The molecule has 0 rings (SSSR count). The molecule has 0 N–H and O–H groups in total. The topological polar surface area (TPSA) is 78.9 Å². The average molecular weight is 1010 g/mol. The van der Waals surface area contributed by atoms with E-state index in [1.165, 1.54) is 116 Å². The second-order valence-corrected chi connectivity index (χ2v) is 19.9. The summed E-state index contributed by atoms with van der Waals surface area (Å²) < 4.78 is 16.9. The average Bonchev–Trinajstić information content (AvgIpc) is 3.39. The highest BCUT2D eigenvalue weighted by molar-refractivity contribution is 5.71. The largest absolute Gasteiger partial charge is 0.462 e. The predicted octanol–water partition coefficient (Wildman–Crippen LogP) is 20.7. The van der Waals surface area contributed by atoms with Crippen LogP contribution in [0.15, 0.2) is 109 Å². The van der Waals surface area contributed by atoms with Gasteiger partial charge in [0.2, 0.25) is 0 Å². The van der Waals surface area contributed by atoms with Gasteiger partial charge in [-0.05, 0) is 128 Å². The number of hydrogen-bond acceptors (Lipinski definition) is 6. The molecule has 0 aliphatic rings. The van der Waals surface area contributed by atoms with Gasteiger partial charge in [-0.3, -0.25) is 14.4 Å². The lowest BCUT2D eigenvalue weighted by Crippen LogP contribution is -2.30. The van der Waals surface area contributed by atoms with Crippen LogP contribution in [-0.2, 0) is 28.6 Å². The number of allylic oxidation sites excluding steroid dienone is 18. The van der Waals surface area contributed by atoms with Gasteiger partial charge >= 0.3 is 17.9 Å². The van der Waals surface area contributed by atoms with Crippen LogP contribution in [0.3, 0.4) is 0 Å². The summed E-state index contributed by atoms with van der Waals surface area (Å²) >= 11 is 0. The summed E-state index contributed by atoms with van der Waals surface area (Å²) in [6.45, 7) is 6.46. The molecule has 73 heavy (non-hydrogen) atoms. The zero-order chi connectivity index (χ0) is 52.9. The van der Waals surface area contributed by atoms with Crippen LogP contribution in [0, 0.1) is 0 Å². The lowest BCUT2D eigenvalue weighted by atomic mass is 10.1. The van der Waals surface area contributed by atoms with Gasteiger partial charge in [-0.25, -0.2) is 0 Å². The molecule has 0 saturated heterocycles. The Bertz CT molecular complexity index is 1490. The summed E-state index contributed by atoms with van der Waals surface area (Å²) in [5.74, 6) is -0.952. The first kappa shape index (κ1) is 69.1. The number of carbonyl (C=O) groups is 3. The molecule has 0 amide bonds. The first-order chi connectivity index (χ1) is 36.0. The molecule has 0 bridgehead atoms. The van der Waals surface area contributed by atoms with Crippen molar-refractivity contribution in [2.75, 3.05) is 13.2 Å². The Balaban J connectivity index is 4.49.